The number of imidazole rings is 1. The molecule has 1 amide bonds. The number of aromatic nitrogens is 2. The molecule has 0 unspecified atom stereocenters. The molecule has 0 bridgehead atoms. The normalized spacial score (nSPS) is 11.1. The fraction of sp³-hybridized carbons (Fsp3) is 0.167. The van der Waals surface area contributed by atoms with Crippen molar-refractivity contribution in [3.8, 4) is 0 Å². The van der Waals surface area contributed by atoms with E-state index >= 15 is 0 Å². The van der Waals surface area contributed by atoms with E-state index in [2.05, 4.69) is 10.3 Å². The average molecular weight is 369 g/mol. The summed E-state index contributed by atoms with van der Waals surface area (Å²) in [5.74, 6) is -0.120. The van der Waals surface area contributed by atoms with Crippen molar-refractivity contribution in [3.63, 3.8) is 0 Å². The molecule has 140 valence electrons. The summed E-state index contributed by atoms with van der Waals surface area (Å²) in [4.78, 5) is 18.0. The van der Waals surface area contributed by atoms with Gasteiger partial charge in [-0.25, -0.2) is 4.98 Å². The van der Waals surface area contributed by atoms with Gasteiger partial charge in [0.2, 0.25) is 0 Å². The minimum Gasteiger partial charge on any atom is -0.340 e. The van der Waals surface area contributed by atoms with E-state index in [-0.39, 0.29) is 11.9 Å². The molecule has 4 rings (SSSR count). The van der Waals surface area contributed by atoms with Crippen LogP contribution in [0.1, 0.15) is 45.8 Å². The number of carbonyl (C=O) groups excluding carboxylic acids is 1. The van der Waals surface area contributed by atoms with Gasteiger partial charge in [0.15, 0.2) is 0 Å². The van der Waals surface area contributed by atoms with Crippen molar-refractivity contribution in [3.05, 3.63) is 107 Å². The van der Waals surface area contributed by atoms with Crippen molar-refractivity contribution < 1.29 is 4.79 Å². The lowest BCUT2D eigenvalue weighted by atomic mass is 9.98. The molecule has 0 atom stereocenters. The second-order valence-electron chi connectivity index (χ2n) is 6.92. The zero-order chi connectivity index (χ0) is 19.5. The highest BCUT2D eigenvalue weighted by molar-refractivity contribution is 5.95. The van der Waals surface area contributed by atoms with Crippen molar-refractivity contribution in [2.75, 3.05) is 0 Å². The van der Waals surface area contributed by atoms with Gasteiger partial charge in [-0.2, -0.15) is 0 Å². The van der Waals surface area contributed by atoms with Gasteiger partial charge in [-0.15, -0.1) is 0 Å². The monoisotopic (exact) mass is 369 g/mol. The Labute approximate surface area is 164 Å². The van der Waals surface area contributed by atoms with Crippen LogP contribution in [-0.2, 0) is 6.42 Å². The second kappa shape index (κ2) is 7.69. The van der Waals surface area contributed by atoms with E-state index < -0.39 is 0 Å². The van der Waals surface area contributed by atoms with Gasteiger partial charge in [-0.1, -0.05) is 67.6 Å². The number of fused-ring (bicyclic) bond motifs is 1. The quantitative estimate of drug-likeness (QED) is 0.553. The van der Waals surface area contributed by atoms with Crippen LogP contribution < -0.4 is 5.32 Å². The maximum absolute atomic E-state index is 13.4. The number of pyridine rings is 1. The standard InChI is InChI=1S/C24H23N3O/c1-3-20-23(27-15-14-17(2)16-21(27)25-20)24(28)26-22(18-10-6-4-7-11-18)19-12-8-5-9-13-19/h4-16,22H,3H2,1-2H3,(H,26,28). The molecule has 0 spiro atoms. The Morgan fingerprint density at radius 2 is 1.61 bits per heavy atom. The predicted octanol–water partition coefficient (Wildman–Crippen LogP) is 4.72. The van der Waals surface area contributed by atoms with Crippen LogP contribution in [-0.4, -0.2) is 15.3 Å². The Balaban J connectivity index is 1.76. The first-order valence-electron chi connectivity index (χ1n) is 9.55. The van der Waals surface area contributed by atoms with Crippen molar-refractivity contribution in [2.24, 2.45) is 0 Å². The summed E-state index contributed by atoms with van der Waals surface area (Å²) in [6.07, 6.45) is 2.62. The number of aryl methyl sites for hydroxylation is 2. The summed E-state index contributed by atoms with van der Waals surface area (Å²) in [7, 11) is 0. The average Bonchev–Trinajstić information content (AvgIpc) is 3.11. The lowest BCUT2D eigenvalue weighted by molar-refractivity contribution is 0.0936. The van der Waals surface area contributed by atoms with Gasteiger partial charge in [0.05, 0.1) is 11.7 Å². The largest absolute Gasteiger partial charge is 0.340 e. The van der Waals surface area contributed by atoms with Crippen molar-refractivity contribution in [2.45, 2.75) is 26.3 Å². The molecule has 0 aliphatic carbocycles. The van der Waals surface area contributed by atoms with E-state index in [1.165, 1.54) is 0 Å². The van der Waals surface area contributed by atoms with Crippen LogP contribution in [0.25, 0.3) is 5.65 Å². The number of rotatable bonds is 5. The van der Waals surface area contributed by atoms with Crippen LogP contribution in [0.2, 0.25) is 0 Å². The Kier molecular flexibility index (Phi) is 4.94. The Morgan fingerprint density at radius 1 is 1.00 bits per heavy atom. The Morgan fingerprint density at radius 3 is 2.18 bits per heavy atom. The summed E-state index contributed by atoms with van der Waals surface area (Å²) in [5.41, 5.74) is 5.43. The van der Waals surface area contributed by atoms with Crippen molar-refractivity contribution in [1.82, 2.24) is 14.7 Å². The van der Waals surface area contributed by atoms with E-state index in [1.807, 2.05) is 97.2 Å². The highest BCUT2D eigenvalue weighted by Crippen LogP contribution is 2.23. The highest BCUT2D eigenvalue weighted by atomic mass is 16.2. The molecule has 2 aromatic carbocycles. The maximum Gasteiger partial charge on any atom is 0.270 e. The first-order chi connectivity index (χ1) is 13.7. The summed E-state index contributed by atoms with van der Waals surface area (Å²) in [6, 6.07) is 23.9. The maximum atomic E-state index is 13.4. The fourth-order valence-corrected chi connectivity index (χ4v) is 3.53. The Hall–Kier alpha value is -3.40. The molecule has 2 aromatic heterocycles. The third-order valence-electron chi connectivity index (χ3n) is 4.95. The van der Waals surface area contributed by atoms with Crippen molar-refractivity contribution >= 4 is 11.6 Å². The molecule has 0 saturated heterocycles. The Bertz CT molecular complexity index is 1060. The fourth-order valence-electron chi connectivity index (χ4n) is 3.53. The summed E-state index contributed by atoms with van der Waals surface area (Å²) < 4.78 is 1.88. The molecule has 4 nitrogen and oxygen atoms in total. The number of hydrogen-bond donors (Lipinski definition) is 1. The van der Waals surface area contributed by atoms with E-state index in [4.69, 9.17) is 0 Å². The molecular formula is C24H23N3O. The number of hydrogen-bond acceptors (Lipinski definition) is 2. The summed E-state index contributed by atoms with van der Waals surface area (Å²) in [5, 5.41) is 3.23. The lowest BCUT2D eigenvalue weighted by Crippen LogP contribution is -2.31. The summed E-state index contributed by atoms with van der Waals surface area (Å²) in [6.45, 7) is 4.05. The predicted molar refractivity (Wildman–Crippen MR) is 112 cm³/mol. The summed E-state index contributed by atoms with van der Waals surface area (Å²) >= 11 is 0. The van der Waals surface area contributed by atoms with Gasteiger partial charge in [0.25, 0.3) is 5.91 Å². The van der Waals surface area contributed by atoms with Crippen LogP contribution in [0.3, 0.4) is 0 Å². The first kappa shape index (κ1) is 18.0. The van der Waals surface area contributed by atoms with Gasteiger partial charge in [-0.3, -0.25) is 9.20 Å². The minimum absolute atomic E-state index is 0.120. The molecule has 0 aliphatic rings. The molecular weight excluding hydrogens is 346 g/mol. The smallest absolute Gasteiger partial charge is 0.270 e. The molecule has 0 saturated carbocycles. The number of benzene rings is 2. The van der Waals surface area contributed by atoms with Crippen LogP contribution in [0.4, 0.5) is 0 Å². The lowest BCUT2D eigenvalue weighted by Gasteiger charge is -2.20. The zero-order valence-corrected chi connectivity index (χ0v) is 16.1. The van der Waals surface area contributed by atoms with Crippen LogP contribution in [0.5, 0.6) is 0 Å². The molecule has 0 fully saturated rings. The molecule has 2 heterocycles. The van der Waals surface area contributed by atoms with Crippen LogP contribution in [0.15, 0.2) is 79.0 Å². The molecule has 1 N–H and O–H groups in total. The van der Waals surface area contributed by atoms with Gasteiger partial charge in [-0.05, 0) is 42.2 Å². The number of amides is 1. The van der Waals surface area contributed by atoms with E-state index in [1.54, 1.807) is 0 Å². The van der Waals surface area contributed by atoms with Crippen molar-refractivity contribution in [1.29, 1.82) is 0 Å². The second-order valence-corrected chi connectivity index (χ2v) is 6.92. The van der Waals surface area contributed by atoms with E-state index in [0.717, 1.165) is 28.0 Å². The van der Waals surface area contributed by atoms with Gasteiger partial charge in [0.1, 0.15) is 11.3 Å². The number of nitrogens with one attached hydrogen (secondary N) is 1. The third kappa shape index (κ3) is 3.41. The minimum atomic E-state index is -0.226. The highest BCUT2D eigenvalue weighted by Gasteiger charge is 2.23. The SMILES string of the molecule is CCc1nc2cc(C)ccn2c1C(=O)NC(c1ccccc1)c1ccccc1. The van der Waals surface area contributed by atoms with E-state index in [0.29, 0.717) is 12.1 Å². The third-order valence-corrected chi connectivity index (χ3v) is 4.95. The molecule has 4 heteroatoms. The van der Waals surface area contributed by atoms with E-state index in [9.17, 15) is 4.79 Å². The van der Waals surface area contributed by atoms with Crippen LogP contribution >= 0.6 is 0 Å². The topological polar surface area (TPSA) is 46.4 Å². The first-order valence-corrected chi connectivity index (χ1v) is 9.55. The molecule has 0 aliphatic heterocycles. The zero-order valence-electron chi connectivity index (χ0n) is 16.1. The van der Waals surface area contributed by atoms with Gasteiger partial charge in [0, 0.05) is 6.20 Å². The number of carbonyl (C=O) groups is 1. The van der Waals surface area contributed by atoms with Crippen LogP contribution in [0, 0.1) is 6.92 Å². The molecule has 0 radical (unpaired) electrons. The van der Waals surface area contributed by atoms with Gasteiger partial charge < -0.3 is 5.32 Å². The number of nitrogens with zero attached hydrogens (tertiary/aromatic N) is 2. The molecule has 4 aromatic rings. The van der Waals surface area contributed by atoms with Gasteiger partial charge >= 0.3 is 0 Å². The molecule has 28 heavy (non-hydrogen) atoms.